The summed E-state index contributed by atoms with van der Waals surface area (Å²) in [6.45, 7) is 4.59. The van der Waals surface area contributed by atoms with E-state index in [2.05, 4.69) is 6.92 Å². The second-order valence-electron chi connectivity index (χ2n) is 9.87. The van der Waals surface area contributed by atoms with Crippen molar-refractivity contribution in [3.63, 3.8) is 0 Å². The number of aromatic nitrogens is 1. The lowest BCUT2D eigenvalue weighted by atomic mass is 9.93. The van der Waals surface area contributed by atoms with E-state index in [0.717, 1.165) is 35.2 Å². The molecule has 1 atom stereocenters. The van der Waals surface area contributed by atoms with E-state index in [-0.39, 0.29) is 23.6 Å². The maximum atomic E-state index is 14.4. The Bertz CT molecular complexity index is 1860. The number of hydrogen-bond acceptors (Lipinski definition) is 6. The summed E-state index contributed by atoms with van der Waals surface area (Å²) >= 11 is 1.19. The standard InChI is InChI=1S/C33H29N3O4S/c1-3-5-20-35-24-19-13-12-18-23(24)25(30(35)37)29-31(38)36-28(22-16-10-7-11-17-22)26(32(39)40-4-2)27(34-33(36)41-29)21-14-8-6-9-15-21/h6-19,28H,3-5,20H2,1-2H3/b29-25+/t28-/m1/s1. The molecule has 1 amide bonds. The predicted molar refractivity (Wildman–Crippen MR) is 160 cm³/mol. The minimum absolute atomic E-state index is 0.180. The van der Waals surface area contributed by atoms with E-state index < -0.39 is 12.0 Å². The molecule has 0 saturated carbocycles. The zero-order valence-corrected chi connectivity index (χ0v) is 23.7. The lowest BCUT2D eigenvalue weighted by molar-refractivity contribution is -0.138. The molecule has 0 bridgehead atoms. The Hall–Kier alpha value is -4.56. The molecule has 1 aromatic heterocycles. The van der Waals surface area contributed by atoms with Gasteiger partial charge in [0.05, 0.1) is 35.2 Å². The highest BCUT2D eigenvalue weighted by Crippen LogP contribution is 2.37. The van der Waals surface area contributed by atoms with Crippen molar-refractivity contribution in [1.82, 2.24) is 4.57 Å². The number of para-hydroxylation sites is 1. The van der Waals surface area contributed by atoms with Crippen LogP contribution in [0.2, 0.25) is 0 Å². The Kier molecular flexibility index (Phi) is 7.24. The molecule has 7 nitrogen and oxygen atoms in total. The molecule has 3 heterocycles. The lowest BCUT2D eigenvalue weighted by Gasteiger charge is -2.25. The number of carbonyl (C=O) groups excluding carboxylic acids is 2. The molecule has 0 spiro atoms. The van der Waals surface area contributed by atoms with Crippen LogP contribution in [0.3, 0.4) is 0 Å². The van der Waals surface area contributed by atoms with Crippen LogP contribution < -0.4 is 19.8 Å². The highest BCUT2D eigenvalue weighted by molar-refractivity contribution is 7.07. The quantitative estimate of drug-likeness (QED) is 0.311. The van der Waals surface area contributed by atoms with Crippen molar-refractivity contribution in [1.29, 1.82) is 0 Å². The highest BCUT2D eigenvalue weighted by atomic mass is 32.1. The van der Waals surface area contributed by atoms with Crippen LogP contribution in [0, 0.1) is 0 Å². The summed E-state index contributed by atoms with van der Waals surface area (Å²) in [5.74, 6) is -0.719. The zero-order valence-electron chi connectivity index (χ0n) is 22.9. The Balaban J connectivity index is 1.68. The molecule has 2 aliphatic rings. The van der Waals surface area contributed by atoms with E-state index in [1.54, 1.807) is 16.4 Å². The predicted octanol–water partition coefficient (Wildman–Crippen LogP) is 4.45. The van der Waals surface area contributed by atoms with Crippen molar-refractivity contribution < 1.29 is 14.3 Å². The fourth-order valence-electron chi connectivity index (χ4n) is 5.48. The van der Waals surface area contributed by atoms with E-state index >= 15 is 0 Å². The average Bonchev–Trinajstić information content (AvgIpc) is 3.48. The maximum Gasteiger partial charge on any atom is 0.338 e. The van der Waals surface area contributed by atoms with Crippen molar-refractivity contribution in [2.24, 2.45) is 4.99 Å². The number of esters is 1. The minimum atomic E-state index is -0.779. The third-order valence-corrected chi connectivity index (χ3v) is 8.40. The Labute approximate surface area is 241 Å². The number of thiazole rings is 1. The summed E-state index contributed by atoms with van der Waals surface area (Å²) < 4.78 is 7.39. The molecular formula is C33H29N3O4S. The van der Waals surface area contributed by atoms with Gasteiger partial charge in [-0.2, -0.15) is 0 Å². The van der Waals surface area contributed by atoms with Gasteiger partial charge in [0.25, 0.3) is 11.5 Å². The average molecular weight is 564 g/mol. The summed E-state index contributed by atoms with van der Waals surface area (Å²) in [4.78, 5) is 48.9. The van der Waals surface area contributed by atoms with Gasteiger partial charge in [-0.3, -0.25) is 14.2 Å². The van der Waals surface area contributed by atoms with E-state index in [9.17, 15) is 14.4 Å². The number of fused-ring (bicyclic) bond motifs is 2. The number of rotatable bonds is 7. The topological polar surface area (TPSA) is 81.0 Å². The fraction of sp³-hybridized carbons (Fsp3) is 0.212. The molecule has 0 unspecified atom stereocenters. The molecule has 0 fully saturated rings. The first-order valence-electron chi connectivity index (χ1n) is 13.8. The van der Waals surface area contributed by atoms with Crippen LogP contribution >= 0.6 is 11.3 Å². The van der Waals surface area contributed by atoms with Gasteiger partial charge >= 0.3 is 5.97 Å². The monoisotopic (exact) mass is 563 g/mol. The molecule has 0 saturated heterocycles. The molecule has 8 heteroatoms. The molecule has 0 aliphatic carbocycles. The van der Waals surface area contributed by atoms with Crippen molar-refractivity contribution in [2.75, 3.05) is 18.1 Å². The van der Waals surface area contributed by atoms with E-state index in [4.69, 9.17) is 9.73 Å². The zero-order chi connectivity index (χ0) is 28.5. The van der Waals surface area contributed by atoms with Crippen LogP contribution in [-0.4, -0.2) is 29.6 Å². The highest BCUT2D eigenvalue weighted by Gasteiger charge is 2.38. The van der Waals surface area contributed by atoms with E-state index in [0.29, 0.717) is 27.1 Å². The van der Waals surface area contributed by atoms with Gasteiger partial charge in [-0.25, -0.2) is 9.79 Å². The number of amides is 1. The number of anilines is 1. The SMILES string of the molecule is CCCCN1C(=O)/C(=c2/sc3n(c2=O)[C@H](c2ccccc2)C(C(=O)OCC)=C(c2ccccc2)N=3)c2ccccc21. The van der Waals surface area contributed by atoms with Crippen molar-refractivity contribution in [2.45, 2.75) is 32.7 Å². The number of carbonyl (C=O) groups is 2. The third-order valence-electron chi connectivity index (χ3n) is 7.35. The first-order valence-corrected chi connectivity index (χ1v) is 14.6. The van der Waals surface area contributed by atoms with Gasteiger partial charge in [-0.05, 0) is 25.0 Å². The van der Waals surface area contributed by atoms with Crippen LogP contribution in [0.4, 0.5) is 5.69 Å². The normalized spacial score (nSPS) is 17.3. The fourth-order valence-corrected chi connectivity index (χ4v) is 6.57. The van der Waals surface area contributed by atoms with Crippen LogP contribution in [-0.2, 0) is 14.3 Å². The maximum absolute atomic E-state index is 14.4. The smallest absolute Gasteiger partial charge is 0.338 e. The van der Waals surface area contributed by atoms with Gasteiger partial charge in [-0.15, -0.1) is 0 Å². The molecule has 0 radical (unpaired) electrons. The van der Waals surface area contributed by atoms with Crippen molar-refractivity contribution >= 4 is 40.2 Å². The molecule has 41 heavy (non-hydrogen) atoms. The van der Waals surface area contributed by atoms with Gasteiger partial charge < -0.3 is 9.64 Å². The molecule has 2 aliphatic heterocycles. The largest absolute Gasteiger partial charge is 0.463 e. The number of ether oxygens (including phenoxy) is 1. The summed E-state index contributed by atoms with van der Waals surface area (Å²) in [6, 6.07) is 25.7. The first-order chi connectivity index (χ1) is 20.0. The molecule has 6 rings (SSSR count). The number of benzene rings is 3. The summed E-state index contributed by atoms with van der Waals surface area (Å²) in [6.07, 6.45) is 1.80. The molecule has 4 aromatic rings. The molecule has 0 N–H and O–H groups in total. The third kappa shape index (κ3) is 4.54. The van der Waals surface area contributed by atoms with Gasteiger partial charge in [0.2, 0.25) is 0 Å². The number of nitrogens with zero attached hydrogens (tertiary/aromatic N) is 3. The summed E-state index contributed by atoms with van der Waals surface area (Å²) in [5, 5.41) is 0. The second-order valence-corrected chi connectivity index (χ2v) is 10.8. The molecule has 206 valence electrons. The van der Waals surface area contributed by atoms with Gasteiger partial charge in [-0.1, -0.05) is 104 Å². The minimum Gasteiger partial charge on any atom is -0.463 e. The van der Waals surface area contributed by atoms with Crippen LogP contribution in [0.1, 0.15) is 49.4 Å². The van der Waals surface area contributed by atoms with Crippen molar-refractivity contribution in [3.8, 4) is 0 Å². The Morgan fingerprint density at radius 3 is 2.32 bits per heavy atom. The van der Waals surface area contributed by atoms with Gasteiger partial charge in [0.1, 0.15) is 4.53 Å². The Morgan fingerprint density at radius 1 is 0.927 bits per heavy atom. The summed E-state index contributed by atoms with van der Waals surface area (Å²) in [7, 11) is 0. The van der Waals surface area contributed by atoms with Gasteiger partial charge in [0.15, 0.2) is 4.80 Å². The van der Waals surface area contributed by atoms with E-state index in [1.165, 1.54) is 11.3 Å². The Morgan fingerprint density at radius 2 is 1.61 bits per heavy atom. The second kappa shape index (κ2) is 11.1. The van der Waals surface area contributed by atoms with E-state index in [1.807, 2.05) is 84.9 Å². The van der Waals surface area contributed by atoms with Gasteiger partial charge in [0, 0.05) is 17.7 Å². The lowest BCUT2D eigenvalue weighted by Crippen LogP contribution is -2.41. The first kappa shape index (κ1) is 26.7. The molecular weight excluding hydrogens is 534 g/mol. The summed E-state index contributed by atoms with van der Waals surface area (Å²) in [5.41, 5.74) is 3.81. The number of unbranched alkanes of at least 4 members (excludes halogenated alkanes) is 1. The van der Waals surface area contributed by atoms with Crippen LogP contribution in [0.25, 0.3) is 11.3 Å². The number of hydrogen-bond donors (Lipinski definition) is 0. The van der Waals surface area contributed by atoms with Crippen molar-refractivity contribution in [3.05, 3.63) is 127 Å². The molecule has 3 aromatic carbocycles. The van der Waals surface area contributed by atoms with Crippen LogP contribution in [0.5, 0.6) is 0 Å². The van der Waals surface area contributed by atoms with Crippen LogP contribution in [0.15, 0.2) is 100 Å².